The number of hydrogen-bond donors (Lipinski definition) is 1. The summed E-state index contributed by atoms with van der Waals surface area (Å²) in [4.78, 5) is 8.22. The summed E-state index contributed by atoms with van der Waals surface area (Å²) < 4.78 is 34.4. The third-order valence-electron chi connectivity index (χ3n) is 3.42. The van der Waals surface area contributed by atoms with Crippen LogP contribution in [-0.2, 0) is 16.6 Å². The normalized spacial score (nSPS) is 11.6. The molecule has 120 valence electrons. The van der Waals surface area contributed by atoms with Crippen LogP contribution in [0.15, 0.2) is 48.0 Å². The summed E-state index contributed by atoms with van der Waals surface area (Å²) in [5, 5.41) is 0.758. The maximum Gasteiger partial charge on any atom is 0.295 e. The first-order valence-electron chi connectivity index (χ1n) is 7.02. The number of rotatable bonds is 5. The number of ether oxygens (including phenoxy) is 1. The Morgan fingerprint density at radius 2 is 2.13 bits per heavy atom. The second-order valence-electron chi connectivity index (χ2n) is 4.85. The minimum atomic E-state index is -3.79. The number of nitrogens with zero attached hydrogens (tertiary/aromatic N) is 3. The number of anilines is 1. The third-order valence-corrected chi connectivity index (χ3v) is 4.73. The van der Waals surface area contributed by atoms with Gasteiger partial charge < -0.3 is 9.30 Å². The predicted octanol–water partition coefficient (Wildman–Crippen LogP) is 2.26. The highest BCUT2D eigenvalue weighted by atomic mass is 32.2. The Labute approximate surface area is 134 Å². The molecule has 1 N–H and O–H groups in total. The summed E-state index contributed by atoms with van der Waals surface area (Å²) in [7, 11) is -2.23. The first-order chi connectivity index (χ1) is 11.0. The summed E-state index contributed by atoms with van der Waals surface area (Å²) in [5.74, 6) is 0.610. The van der Waals surface area contributed by atoms with E-state index in [0.717, 1.165) is 5.39 Å². The molecule has 0 unspecified atom stereocenters. The number of sulfonamides is 1. The molecule has 0 fully saturated rings. The summed E-state index contributed by atoms with van der Waals surface area (Å²) in [5.41, 5.74) is 0.947. The molecule has 0 saturated carbocycles. The van der Waals surface area contributed by atoms with Crippen LogP contribution in [0.5, 0.6) is 5.75 Å². The van der Waals surface area contributed by atoms with Crippen LogP contribution in [0.4, 0.5) is 5.69 Å². The molecule has 0 amide bonds. The number of nitrogens with one attached hydrogen (secondary N) is 1. The van der Waals surface area contributed by atoms with Gasteiger partial charge in [-0.25, -0.2) is 4.98 Å². The van der Waals surface area contributed by atoms with Crippen molar-refractivity contribution < 1.29 is 13.2 Å². The van der Waals surface area contributed by atoms with Gasteiger partial charge in [-0.15, -0.1) is 0 Å². The number of para-hydroxylation sites is 1. The van der Waals surface area contributed by atoms with Gasteiger partial charge in [0.2, 0.25) is 5.16 Å². The molecule has 23 heavy (non-hydrogen) atoms. The standard InChI is InChI=1S/C15H16N4O3S/c1-3-19-8-7-16-15(19)23(20,21)18-13-6-4-5-11-9-12(22-2)10-17-14(11)13/h4-10,18H,3H2,1-2H3. The molecule has 7 nitrogen and oxygen atoms in total. The topological polar surface area (TPSA) is 86.1 Å². The zero-order chi connectivity index (χ0) is 16.4. The van der Waals surface area contributed by atoms with Crippen molar-refractivity contribution in [2.45, 2.75) is 18.6 Å². The number of pyridine rings is 1. The Hall–Kier alpha value is -2.61. The Bertz CT molecular complexity index is 950. The average molecular weight is 332 g/mol. The maximum absolute atomic E-state index is 12.6. The molecule has 3 rings (SSSR count). The van der Waals surface area contributed by atoms with Gasteiger partial charge in [-0.3, -0.25) is 9.71 Å². The number of hydrogen-bond acceptors (Lipinski definition) is 5. The van der Waals surface area contributed by atoms with Gasteiger partial charge in [-0.05, 0) is 19.1 Å². The zero-order valence-electron chi connectivity index (χ0n) is 12.7. The summed E-state index contributed by atoms with van der Waals surface area (Å²) in [6.45, 7) is 2.37. The van der Waals surface area contributed by atoms with E-state index in [2.05, 4.69) is 14.7 Å². The monoisotopic (exact) mass is 332 g/mol. The van der Waals surface area contributed by atoms with E-state index in [0.29, 0.717) is 23.5 Å². The van der Waals surface area contributed by atoms with Crippen molar-refractivity contribution in [3.05, 3.63) is 42.9 Å². The van der Waals surface area contributed by atoms with Gasteiger partial charge in [0.15, 0.2) is 0 Å². The van der Waals surface area contributed by atoms with E-state index in [1.807, 2.05) is 13.0 Å². The van der Waals surface area contributed by atoms with Gasteiger partial charge in [0.05, 0.1) is 24.5 Å². The SMILES string of the molecule is CCn1ccnc1S(=O)(=O)Nc1cccc2cc(OC)cnc12. The summed E-state index contributed by atoms with van der Waals surface area (Å²) >= 11 is 0. The number of benzene rings is 1. The lowest BCUT2D eigenvalue weighted by Gasteiger charge is -2.11. The Morgan fingerprint density at radius 1 is 1.30 bits per heavy atom. The van der Waals surface area contributed by atoms with Crippen LogP contribution < -0.4 is 9.46 Å². The number of fused-ring (bicyclic) bond motifs is 1. The Morgan fingerprint density at radius 3 is 2.87 bits per heavy atom. The first-order valence-corrected chi connectivity index (χ1v) is 8.50. The van der Waals surface area contributed by atoms with Gasteiger partial charge in [0, 0.05) is 24.3 Å². The van der Waals surface area contributed by atoms with E-state index in [1.165, 1.54) is 6.20 Å². The first kappa shape index (κ1) is 15.3. The smallest absolute Gasteiger partial charge is 0.295 e. The molecule has 3 aromatic rings. The van der Waals surface area contributed by atoms with Gasteiger partial charge >= 0.3 is 0 Å². The van der Waals surface area contributed by atoms with Gasteiger partial charge in [0.25, 0.3) is 10.0 Å². The number of aromatic nitrogens is 3. The van der Waals surface area contributed by atoms with Crippen molar-refractivity contribution in [3.8, 4) is 5.75 Å². The van der Waals surface area contributed by atoms with Crippen LogP contribution in [0, 0.1) is 0 Å². The average Bonchev–Trinajstić information content (AvgIpc) is 3.04. The van der Waals surface area contributed by atoms with Crippen LogP contribution in [-0.4, -0.2) is 30.1 Å². The fourth-order valence-corrected chi connectivity index (χ4v) is 3.55. The van der Waals surface area contributed by atoms with Crippen LogP contribution in [0.2, 0.25) is 0 Å². The molecular weight excluding hydrogens is 316 g/mol. The van der Waals surface area contributed by atoms with E-state index in [9.17, 15) is 8.42 Å². The molecule has 0 aliphatic carbocycles. The molecule has 0 radical (unpaired) electrons. The van der Waals surface area contributed by atoms with Crippen LogP contribution in [0.1, 0.15) is 6.92 Å². The van der Waals surface area contributed by atoms with Gasteiger partial charge in [-0.2, -0.15) is 8.42 Å². The van der Waals surface area contributed by atoms with E-state index in [4.69, 9.17) is 4.74 Å². The third kappa shape index (κ3) is 2.85. The second kappa shape index (κ2) is 5.88. The Kier molecular flexibility index (Phi) is 3.91. The fourth-order valence-electron chi connectivity index (χ4n) is 2.30. The van der Waals surface area contributed by atoms with Crippen molar-refractivity contribution in [2.24, 2.45) is 0 Å². The molecule has 0 aliphatic rings. The summed E-state index contributed by atoms with van der Waals surface area (Å²) in [6.07, 6.45) is 4.64. The van der Waals surface area contributed by atoms with E-state index in [-0.39, 0.29) is 5.16 Å². The summed E-state index contributed by atoms with van der Waals surface area (Å²) in [6, 6.07) is 7.06. The van der Waals surface area contributed by atoms with E-state index < -0.39 is 10.0 Å². The van der Waals surface area contributed by atoms with Crippen molar-refractivity contribution >= 4 is 26.6 Å². The lowest BCUT2D eigenvalue weighted by Crippen LogP contribution is -2.18. The maximum atomic E-state index is 12.6. The van der Waals surface area contributed by atoms with Crippen molar-refractivity contribution in [1.29, 1.82) is 0 Å². The lowest BCUT2D eigenvalue weighted by molar-refractivity contribution is 0.414. The second-order valence-corrected chi connectivity index (χ2v) is 6.43. The van der Waals surface area contributed by atoms with Crippen molar-refractivity contribution in [2.75, 3.05) is 11.8 Å². The van der Waals surface area contributed by atoms with Crippen LogP contribution in [0.3, 0.4) is 0 Å². The lowest BCUT2D eigenvalue weighted by atomic mass is 10.2. The highest BCUT2D eigenvalue weighted by Crippen LogP contribution is 2.26. The molecule has 0 bridgehead atoms. The predicted molar refractivity (Wildman–Crippen MR) is 87.0 cm³/mol. The number of methoxy groups -OCH3 is 1. The highest BCUT2D eigenvalue weighted by Gasteiger charge is 2.21. The van der Waals surface area contributed by atoms with Gasteiger partial charge in [0.1, 0.15) is 5.75 Å². The molecule has 2 aromatic heterocycles. The van der Waals surface area contributed by atoms with Crippen molar-refractivity contribution in [1.82, 2.24) is 14.5 Å². The van der Waals surface area contributed by atoms with E-state index in [1.54, 1.807) is 42.3 Å². The molecular formula is C15H16N4O3S. The minimum Gasteiger partial charge on any atom is -0.495 e. The van der Waals surface area contributed by atoms with Crippen LogP contribution in [0.25, 0.3) is 10.9 Å². The zero-order valence-corrected chi connectivity index (χ0v) is 13.5. The molecule has 0 saturated heterocycles. The minimum absolute atomic E-state index is 0.0227. The Balaban J connectivity index is 2.04. The molecule has 0 atom stereocenters. The number of aryl methyl sites for hydroxylation is 1. The van der Waals surface area contributed by atoms with Gasteiger partial charge in [-0.1, -0.05) is 12.1 Å². The highest BCUT2D eigenvalue weighted by molar-refractivity contribution is 7.92. The van der Waals surface area contributed by atoms with E-state index >= 15 is 0 Å². The van der Waals surface area contributed by atoms with Crippen LogP contribution >= 0.6 is 0 Å². The molecule has 1 aromatic carbocycles. The quantitative estimate of drug-likeness (QED) is 0.774. The van der Waals surface area contributed by atoms with Crippen molar-refractivity contribution in [3.63, 3.8) is 0 Å². The molecule has 0 aliphatic heterocycles. The fraction of sp³-hybridized carbons (Fsp3) is 0.200. The molecule has 8 heteroatoms. The molecule has 2 heterocycles. The largest absolute Gasteiger partial charge is 0.495 e. The number of imidazole rings is 1. The molecule has 0 spiro atoms.